The fourth-order valence-corrected chi connectivity index (χ4v) is 2.25. The zero-order chi connectivity index (χ0) is 15.4. The summed E-state index contributed by atoms with van der Waals surface area (Å²) < 4.78 is 2.28. The molecule has 0 saturated carbocycles. The number of nitrogens with one attached hydrogen (secondary N) is 2. The number of rotatable bonds is 5. The molecule has 0 bridgehead atoms. The van der Waals surface area contributed by atoms with Crippen molar-refractivity contribution in [1.29, 1.82) is 0 Å². The Bertz CT molecular complexity index is 705. The van der Waals surface area contributed by atoms with Crippen LogP contribution in [0.5, 0.6) is 0 Å². The fraction of sp³-hybridized carbons (Fsp3) is 0.214. The van der Waals surface area contributed by atoms with Gasteiger partial charge in [0.25, 0.3) is 5.91 Å². The molecule has 0 spiro atoms. The van der Waals surface area contributed by atoms with Crippen molar-refractivity contribution in [3.63, 3.8) is 0 Å². The van der Waals surface area contributed by atoms with Gasteiger partial charge >= 0.3 is 0 Å². The normalized spacial score (nSPS) is 11.9. The lowest BCUT2D eigenvalue weighted by atomic mass is 10.2. The standard InChI is InChI=1S/C14H15ClN4OS/c1-3-8-19-12(17-18-14(19)21)9(2)16-13(20)10-4-6-11(15)7-5-10/h3-7,9H,1,8H2,2H3,(H,16,20)(H,18,21)/t9-/m0/s1. The number of benzene rings is 1. The van der Waals surface area contributed by atoms with Crippen LogP contribution >= 0.6 is 23.8 Å². The second-order valence-electron chi connectivity index (χ2n) is 4.49. The van der Waals surface area contributed by atoms with Gasteiger partial charge in [0.15, 0.2) is 10.6 Å². The van der Waals surface area contributed by atoms with Gasteiger partial charge in [-0.25, -0.2) is 0 Å². The van der Waals surface area contributed by atoms with Crippen LogP contribution in [0.3, 0.4) is 0 Å². The van der Waals surface area contributed by atoms with E-state index in [4.69, 9.17) is 23.8 Å². The third-order valence-corrected chi connectivity index (χ3v) is 3.50. The van der Waals surface area contributed by atoms with Gasteiger partial charge in [-0.15, -0.1) is 6.58 Å². The van der Waals surface area contributed by atoms with Crippen molar-refractivity contribution in [1.82, 2.24) is 20.1 Å². The number of halogens is 1. The molecular formula is C14H15ClN4OS. The van der Waals surface area contributed by atoms with E-state index >= 15 is 0 Å². The van der Waals surface area contributed by atoms with Crippen molar-refractivity contribution >= 4 is 29.7 Å². The second kappa shape index (κ2) is 6.69. The largest absolute Gasteiger partial charge is 0.342 e. The van der Waals surface area contributed by atoms with Crippen LogP contribution in [0.15, 0.2) is 36.9 Å². The van der Waals surface area contributed by atoms with E-state index in [1.54, 1.807) is 34.9 Å². The molecule has 1 aromatic carbocycles. The predicted molar refractivity (Wildman–Crippen MR) is 84.9 cm³/mol. The van der Waals surface area contributed by atoms with Gasteiger partial charge in [0.05, 0.1) is 6.04 Å². The Balaban J connectivity index is 2.16. The maximum absolute atomic E-state index is 12.2. The number of aromatic amines is 1. The number of aromatic nitrogens is 3. The second-order valence-corrected chi connectivity index (χ2v) is 5.31. The summed E-state index contributed by atoms with van der Waals surface area (Å²) in [6.45, 7) is 6.06. The van der Waals surface area contributed by atoms with E-state index in [1.165, 1.54) is 0 Å². The maximum atomic E-state index is 12.2. The first-order valence-electron chi connectivity index (χ1n) is 6.35. The van der Waals surface area contributed by atoms with Crippen molar-refractivity contribution in [2.24, 2.45) is 0 Å². The molecule has 1 amide bonds. The summed E-state index contributed by atoms with van der Waals surface area (Å²) in [7, 11) is 0. The fourth-order valence-electron chi connectivity index (χ4n) is 1.91. The molecule has 21 heavy (non-hydrogen) atoms. The molecular weight excluding hydrogens is 308 g/mol. The molecule has 2 rings (SSSR count). The Kier molecular flexibility index (Phi) is 4.93. The first-order chi connectivity index (χ1) is 10.0. The van der Waals surface area contributed by atoms with Gasteiger partial charge in [-0.1, -0.05) is 17.7 Å². The lowest BCUT2D eigenvalue weighted by Crippen LogP contribution is -2.28. The number of amides is 1. The number of hydrogen-bond acceptors (Lipinski definition) is 3. The third kappa shape index (κ3) is 3.59. The van der Waals surface area contributed by atoms with Crippen LogP contribution in [0, 0.1) is 4.77 Å². The minimum atomic E-state index is -0.291. The van der Waals surface area contributed by atoms with Crippen LogP contribution in [-0.4, -0.2) is 20.7 Å². The Morgan fingerprint density at radius 1 is 1.57 bits per heavy atom. The summed E-state index contributed by atoms with van der Waals surface area (Å²) in [5.41, 5.74) is 0.538. The number of H-pyrrole nitrogens is 1. The first-order valence-corrected chi connectivity index (χ1v) is 7.14. The van der Waals surface area contributed by atoms with Crippen LogP contribution in [0.25, 0.3) is 0 Å². The van der Waals surface area contributed by atoms with Crippen LogP contribution in [0.1, 0.15) is 29.1 Å². The molecule has 1 atom stereocenters. The van der Waals surface area contributed by atoms with Gasteiger partial charge in [-0.3, -0.25) is 14.5 Å². The Morgan fingerprint density at radius 2 is 2.24 bits per heavy atom. The highest BCUT2D eigenvalue weighted by molar-refractivity contribution is 7.71. The third-order valence-electron chi connectivity index (χ3n) is 2.94. The topological polar surface area (TPSA) is 62.7 Å². The van der Waals surface area contributed by atoms with E-state index < -0.39 is 0 Å². The Hall–Kier alpha value is -1.92. The van der Waals surface area contributed by atoms with E-state index in [1.807, 2.05) is 6.92 Å². The van der Waals surface area contributed by atoms with E-state index in [0.717, 1.165) is 0 Å². The van der Waals surface area contributed by atoms with Gasteiger partial charge < -0.3 is 5.32 Å². The Morgan fingerprint density at radius 3 is 2.86 bits per heavy atom. The molecule has 0 unspecified atom stereocenters. The molecule has 0 radical (unpaired) electrons. The van der Waals surface area contributed by atoms with E-state index in [-0.39, 0.29) is 11.9 Å². The average molecular weight is 323 g/mol. The van der Waals surface area contributed by atoms with Crippen molar-refractivity contribution in [3.05, 3.63) is 58.1 Å². The van der Waals surface area contributed by atoms with Crippen LogP contribution in [0.2, 0.25) is 5.02 Å². The average Bonchev–Trinajstić information content (AvgIpc) is 2.81. The van der Waals surface area contributed by atoms with Crippen LogP contribution in [0.4, 0.5) is 0 Å². The summed E-state index contributed by atoms with van der Waals surface area (Å²) in [6, 6.07) is 6.40. The van der Waals surface area contributed by atoms with Crippen molar-refractivity contribution in [3.8, 4) is 0 Å². The highest BCUT2D eigenvalue weighted by atomic mass is 35.5. The van der Waals surface area contributed by atoms with Crippen molar-refractivity contribution in [2.75, 3.05) is 0 Å². The highest BCUT2D eigenvalue weighted by Crippen LogP contribution is 2.13. The molecule has 1 heterocycles. The zero-order valence-corrected chi connectivity index (χ0v) is 13.0. The summed E-state index contributed by atoms with van der Waals surface area (Å²) in [5.74, 6) is 0.459. The maximum Gasteiger partial charge on any atom is 0.251 e. The molecule has 110 valence electrons. The quantitative estimate of drug-likeness (QED) is 0.656. The van der Waals surface area contributed by atoms with Crippen LogP contribution < -0.4 is 5.32 Å². The lowest BCUT2D eigenvalue weighted by molar-refractivity contribution is 0.0937. The van der Waals surface area contributed by atoms with Gasteiger partial charge in [0.1, 0.15) is 0 Å². The SMILES string of the molecule is C=CCn1c([C@H](C)NC(=O)c2ccc(Cl)cc2)n[nH]c1=S. The van der Waals surface area contributed by atoms with Gasteiger partial charge in [0, 0.05) is 17.1 Å². The summed E-state index contributed by atoms with van der Waals surface area (Å²) in [4.78, 5) is 12.2. The number of allylic oxidation sites excluding steroid dienone is 1. The minimum absolute atomic E-state index is 0.196. The molecule has 5 nitrogen and oxygen atoms in total. The van der Waals surface area contributed by atoms with E-state index in [0.29, 0.717) is 27.7 Å². The summed E-state index contributed by atoms with van der Waals surface area (Å²) in [6.07, 6.45) is 1.72. The molecule has 7 heteroatoms. The van der Waals surface area contributed by atoms with Gasteiger partial charge in [-0.05, 0) is 43.4 Å². The molecule has 0 aliphatic carbocycles. The smallest absolute Gasteiger partial charge is 0.251 e. The van der Waals surface area contributed by atoms with Gasteiger partial charge in [-0.2, -0.15) is 5.10 Å². The summed E-state index contributed by atoms with van der Waals surface area (Å²) >= 11 is 11.0. The molecule has 0 saturated heterocycles. The Labute approximate surface area is 132 Å². The van der Waals surface area contributed by atoms with Crippen molar-refractivity contribution < 1.29 is 4.79 Å². The number of nitrogens with zero attached hydrogens (tertiary/aromatic N) is 2. The molecule has 0 fully saturated rings. The monoisotopic (exact) mass is 322 g/mol. The minimum Gasteiger partial charge on any atom is -0.342 e. The van der Waals surface area contributed by atoms with Crippen molar-refractivity contribution in [2.45, 2.75) is 19.5 Å². The highest BCUT2D eigenvalue weighted by Gasteiger charge is 2.16. The number of carbonyl (C=O) groups excluding carboxylic acids is 1. The number of hydrogen-bond donors (Lipinski definition) is 2. The van der Waals surface area contributed by atoms with E-state index in [2.05, 4.69) is 22.1 Å². The van der Waals surface area contributed by atoms with E-state index in [9.17, 15) is 4.79 Å². The molecule has 0 aliphatic heterocycles. The first kappa shape index (κ1) is 15.5. The lowest BCUT2D eigenvalue weighted by Gasteiger charge is -2.14. The molecule has 2 aromatic rings. The zero-order valence-electron chi connectivity index (χ0n) is 11.5. The van der Waals surface area contributed by atoms with Crippen LogP contribution in [-0.2, 0) is 6.54 Å². The molecule has 2 N–H and O–H groups in total. The molecule has 0 aliphatic rings. The number of carbonyl (C=O) groups is 1. The molecule has 1 aromatic heterocycles. The summed E-state index contributed by atoms with van der Waals surface area (Å²) in [5, 5.41) is 10.3. The van der Waals surface area contributed by atoms with Gasteiger partial charge in [0.2, 0.25) is 0 Å². The predicted octanol–water partition coefficient (Wildman–Crippen LogP) is 3.27.